The number of nitriles is 1. The van der Waals surface area contributed by atoms with Crippen molar-refractivity contribution in [3.63, 3.8) is 0 Å². The fraction of sp³-hybridized carbons (Fsp3) is 0.200. The molecule has 0 aliphatic carbocycles. The molecule has 66 valence electrons. The standard InChI is InChI=1S/C10H10N2S/c1-3-8(2)13-10-5-4-9(6-11)7-12-10/h3-5,7-8H,1H2,2H3. The Morgan fingerprint density at radius 1 is 1.69 bits per heavy atom. The Morgan fingerprint density at radius 2 is 2.46 bits per heavy atom. The molecule has 1 heterocycles. The van der Waals surface area contributed by atoms with Crippen molar-refractivity contribution in [2.45, 2.75) is 17.2 Å². The van der Waals surface area contributed by atoms with Crippen molar-refractivity contribution < 1.29 is 0 Å². The minimum absolute atomic E-state index is 0.348. The summed E-state index contributed by atoms with van der Waals surface area (Å²) in [6.07, 6.45) is 3.45. The summed E-state index contributed by atoms with van der Waals surface area (Å²) in [6, 6.07) is 5.65. The van der Waals surface area contributed by atoms with Gasteiger partial charge in [0.1, 0.15) is 6.07 Å². The SMILES string of the molecule is C=CC(C)Sc1ccc(C#N)cn1. The monoisotopic (exact) mass is 190 g/mol. The van der Waals surface area contributed by atoms with Gasteiger partial charge < -0.3 is 0 Å². The number of rotatable bonds is 3. The van der Waals surface area contributed by atoms with Crippen LogP contribution in [0.15, 0.2) is 36.0 Å². The van der Waals surface area contributed by atoms with Crippen molar-refractivity contribution >= 4 is 11.8 Å². The van der Waals surface area contributed by atoms with E-state index in [2.05, 4.69) is 18.5 Å². The summed E-state index contributed by atoms with van der Waals surface area (Å²) in [6.45, 7) is 5.74. The zero-order chi connectivity index (χ0) is 9.68. The van der Waals surface area contributed by atoms with E-state index in [0.717, 1.165) is 5.03 Å². The number of nitrogens with zero attached hydrogens (tertiary/aromatic N) is 2. The average molecular weight is 190 g/mol. The van der Waals surface area contributed by atoms with E-state index in [-0.39, 0.29) is 0 Å². The maximum absolute atomic E-state index is 8.54. The summed E-state index contributed by atoms with van der Waals surface area (Å²) in [5.41, 5.74) is 0.593. The Labute approximate surface area is 82.3 Å². The second kappa shape index (κ2) is 4.68. The molecule has 13 heavy (non-hydrogen) atoms. The molecule has 0 radical (unpaired) electrons. The van der Waals surface area contributed by atoms with Gasteiger partial charge in [0, 0.05) is 11.4 Å². The van der Waals surface area contributed by atoms with Crippen LogP contribution in [0.25, 0.3) is 0 Å². The summed E-state index contributed by atoms with van der Waals surface area (Å²) < 4.78 is 0. The predicted molar refractivity (Wildman–Crippen MR) is 54.5 cm³/mol. The number of thioether (sulfide) groups is 1. The van der Waals surface area contributed by atoms with Gasteiger partial charge in [-0.15, -0.1) is 6.58 Å². The third kappa shape index (κ3) is 2.92. The topological polar surface area (TPSA) is 36.7 Å². The van der Waals surface area contributed by atoms with Crippen molar-refractivity contribution in [3.8, 4) is 6.07 Å². The predicted octanol–water partition coefficient (Wildman–Crippen LogP) is 2.62. The van der Waals surface area contributed by atoms with E-state index in [4.69, 9.17) is 5.26 Å². The first-order valence-corrected chi connectivity index (χ1v) is 4.79. The van der Waals surface area contributed by atoms with Crippen molar-refractivity contribution in [1.82, 2.24) is 4.98 Å². The van der Waals surface area contributed by atoms with Crippen LogP contribution in [0.2, 0.25) is 0 Å². The average Bonchev–Trinajstić information content (AvgIpc) is 2.19. The molecule has 1 atom stereocenters. The van der Waals surface area contributed by atoms with Gasteiger partial charge in [0.25, 0.3) is 0 Å². The van der Waals surface area contributed by atoms with Gasteiger partial charge in [-0.25, -0.2) is 4.98 Å². The Balaban J connectivity index is 2.70. The van der Waals surface area contributed by atoms with Crippen LogP contribution in [0.4, 0.5) is 0 Å². The van der Waals surface area contributed by atoms with E-state index in [1.165, 1.54) is 0 Å². The molecular weight excluding hydrogens is 180 g/mol. The molecule has 1 aromatic rings. The minimum atomic E-state index is 0.348. The molecular formula is C10H10N2S. The lowest BCUT2D eigenvalue weighted by Crippen LogP contribution is -1.90. The number of aromatic nitrogens is 1. The molecule has 0 aliphatic rings. The molecule has 0 N–H and O–H groups in total. The van der Waals surface area contributed by atoms with Crippen LogP contribution in [-0.4, -0.2) is 10.2 Å². The minimum Gasteiger partial charge on any atom is -0.249 e. The van der Waals surface area contributed by atoms with Crippen molar-refractivity contribution in [3.05, 3.63) is 36.5 Å². The molecule has 1 unspecified atom stereocenters. The molecule has 0 amide bonds. The molecule has 0 saturated heterocycles. The summed E-state index contributed by atoms with van der Waals surface area (Å²) in [5, 5.41) is 9.81. The van der Waals surface area contributed by atoms with Gasteiger partial charge >= 0.3 is 0 Å². The third-order valence-electron chi connectivity index (χ3n) is 1.50. The fourth-order valence-electron chi connectivity index (χ4n) is 0.755. The van der Waals surface area contributed by atoms with Crippen molar-refractivity contribution in [2.24, 2.45) is 0 Å². The summed E-state index contributed by atoms with van der Waals surface area (Å²) in [4.78, 5) is 4.13. The normalized spacial score (nSPS) is 11.7. The summed E-state index contributed by atoms with van der Waals surface area (Å²) in [5.74, 6) is 0. The van der Waals surface area contributed by atoms with Crippen LogP contribution in [-0.2, 0) is 0 Å². The van der Waals surface area contributed by atoms with Gasteiger partial charge in [-0.2, -0.15) is 5.26 Å². The quantitative estimate of drug-likeness (QED) is 0.543. The number of hydrogen-bond acceptors (Lipinski definition) is 3. The molecule has 0 saturated carbocycles. The van der Waals surface area contributed by atoms with E-state index >= 15 is 0 Å². The van der Waals surface area contributed by atoms with Gasteiger partial charge in [-0.05, 0) is 19.1 Å². The third-order valence-corrected chi connectivity index (χ3v) is 2.55. The second-order valence-corrected chi connectivity index (χ2v) is 3.95. The largest absolute Gasteiger partial charge is 0.249 e. The highest BCUT2D eigenvalue weighted by atomic mass is 32.2. The van der Waals surface area contributed by atoms with Crippen LogP contribution in [0.1, 0.15) is 12.5 Å². The maximum atomic E-state index is 8.54. The van der Waals surface area contributed by atoms with Crippen LogP contribution < -0.4 is 0 Å². The van der Waals surface area contributed by atoms with Gasteiger partial charge in [0.15, 0.2) is 0 Å². The fourth-order valence-corrected chi connectivity index (χ4v) is 1.49. The molecule has 1 rings (SSSR count). The molecule has 0 spiro atoms. The lowest BCUT2D eigenvalue weighted by Gasteiger charge is -2.03. The van der Waals surface area contributed by atoms with Crippen LogP contribution in [0, 0.1) is 11.3 Å². The van der Waals surface area contributed by atoms with Gasteiger partial charge in [0.05, 0.1) is 10.6 Å². The summed E-state index contributed by atoms with van der Waals surface area (Å²) in [7, 11) is 0. The molecule has 1 aromatic heterocycles. The van der Waals surface area contributed by atoms with Crippen molar-refractivity contribution in [2.75, 3.05) is 0 Å². The molecule has 3 heteroatoms. The van der Waals surface area contributed by atoms with E-state index in [1.54, 1.807) is 24.0 Å². The number of hydrogen-bond donors (Lipinski definition) is 0. The Morgan fingerprint density at radius 3 is 2.92 bits per heavy atom. The van der Waals surface area contributed by atoms with E-state index < -0.39 is 0 Å². The molecule has 0 aromatic carbocycles. The lowest BCUT2D eigenvalue weighted by molar-refractivity contribution is 1.11. The second-order valence-electron chi connectivity index (χ2n) is 2.56. The summed E-state index contributed by atoms with van der Waals surface area (Å²) >= 11 is 1.62. The van der Waals surface area contributed by atoms with Crippen LogP contribution >= 0.6 is 11.8 Å². The molecule has 0 bridgehead atoms. The molecule has 0 aliphatic heterocycles. The van der Waals surface area contributed by atoms with Crippen LogP contribution in [0.5, 0.6) is 0 Å². The Bertz CT molecular complexity index is 324. The lowest BCUT2D eigenvalue weighted by atomic mass is 10.3. The first-order valence-electron chi connectivity index (χ1n) is 3.91. The smallest absolute Gasteiger partial charge is 0.101 e. The van der Waals surface area contributed by atoms with E-state index in [0.29, 0.717) is 10.8 Å². The Hall–Kier alpha value is -1.27. The van der Waals surface area contributed by atoms with E-state index in [9.17, 15) is 0 Å². The molecule has 2 nitrogen and oxygen atoms in total. The zero-order valence-electron chi connectivity index (χ0n) is 7.40. The maximum Gasteiger partial charge on any atom is 0.101 e. The van der Waals surface area contributed by atoms with Crippen molar-refractivity contribution in [1.29, 1.82) is 5.26 Å². The highest BCUT2D eigenvalue weighted by Gasteiger charge is 2.00. The van der Waals surface area contributed by atoms with Crippen LogP contribution in [0.3, 0.4) is 0 Å². The highest BCUT2D eigenvalue weighted by molar-refractivity contribution is 8.00. The zero-order valence-corrected chi connectivity index (χ0v) is 8.21. The van der Waals surface area contributed by atoms with Gasteiger partial charge in [-0.1, -0.05) is 17.8 Å². The first kappa shape index (κ1) is 9.82. The van der Waals surface area contributed by atoms with Gasteiger partial charge in [-0.3, -0.25) is 0 Å². The van der Waals surface area contributed by atoms with Gasteiger partial charge in [0.2, 0.25) is 0 Å². The Kier molecular flexibility index (Phi) is 3.53. The first-order chi connectivity index (χ1) is 6.26. The number of pyridine rings is 1. The highest BCUT2D eigenvalue weighted by Crippen LogP contribution is 2.21. The molecule has 0 fully saturated rings. The van der Waals surface area contributed by atoms with E-state index in [1.807, 2.05) is 18.2 Å².